The Bertz CT molecular complexity index is 346. The molecule has 2 unspecified atom stereocenters. The maximum absolute atomic E-state index is 13.7. The summed E-state index contributed by atoms with van der Waals surface area (Å²) in [5, 5.41) is 3.02. The smallest absolute Gasteiger partial charge is 0.129 e. The monoisotopic (exact) mass is 255 g/mol. The van der Waals surface area contributed by atoms with E-state index in [2.05, 4.69) is 5.32 Å². The Labute approximate surface area is 108 Å². The van der Waals surface area contributed by atoms with Crippen molar-refractivity contribution in [3.8, 4) is 0 Å². The zero-order valence-electron chi connectivity index (χ0n) is 11.3. The topological polar surface area (TPSA) is 30.5 Å². The molecule has 1 aromatic rings. The number of benzene rings is 1. The average Bonchev–Trinajstić information content (AvgIpc) is 2.36. The summed E-state index contributed by atoms with van der Waals surface area (Å²) in [6, 6.07) is 6.70. The van der Waals surface area contributed by atoms with Crippen LogP contribution in [-0.2, 0) is 9.47 Å². The molecule has 4 heteroatoms. The molecule has 0 aliphatic rings. The summed E-state index contributed by atoms with van der Waals surface area (Å²) in [5.74, 6) is -0.235. The van der Waals surface area contributed by atoms with Crippen LogP contribution in [-0.4, -0.2) is 32.9 Å². The van der Waals surface area contributed by atoms with E-state index in [9.17, 15) is 4.39 Å². The highest BCUT2D eigenvalue weighted by molar-refractivity contribution is 5.20. The van der Waals surface area contributed by atoms with Crippen LogP contribution in [0.25, 0.3) is 0 Å². The van der Waals surface area contributed by atoms with Crippen molar-refractivity contribution in [3.05, 3.63) is 35.6 Å². The number of hydrogen-bond donors (Lipinski definition) is 1. The van der Waals surface area contributed by atoms with Gasteiger partial charge in [-0.1, -0.05) is 18.2 Å². The molecule has 1 N–H and O–H groups in total. The van der Waals surface area contributed by atoms with Crippen molar-refractivity contribution in [2.75, 3.05) is 26.8 Å². The molecule has 0 aromatic heterocycles. The normalized spacial score (nSPS) is 14.4. The van der Waals surface area contributed by atoms with Gasteiger partial charge in [0.05, 0.1) is 18.8 Å². The van der Waals surface area contributed by atoms with Crippen LogP contribution >= 0.6 is 0 Å². The number of nitrogens with one attached hydrogen (secondary N) is 1. The number of ether oxygens (including phenoxy) is 2. The van der Waals surface area contributed by atoms with E-state index >= 15 is 0 Å². The molecular weight excluding hydrogens is 233 g/mol. The van der Waals surface area contributed by atoms with Crippen molar-refractivity contribution >= 4 is 0 Å². The fourth-order valence-corrected chi connectivity index (χ4v) is 1.76. The predicted octanol–water partition coefficient (Wildman–Crippen LogP) is 2.53. The number of rotatable bonds is 8. The van der Waals surface area contributed by atoms with E-state index in [0.29, 0.717) is 25.3 Å². The van der Waals surface area contributed by atoms with E-state index in [0.717, 1.165) is 0 Å². The highest BCUT2D eigenvalue weighted by Crippen LogP contribution is 2.21. The lowest BCUT2D eigenvalue weighted by Crippen LogP contribution is -2.26. The summed E-state index contributed by atoms with van der Waals surface area (Å²) in [6.45, 7) is 5.61. The van der Waals surface area contributed by atoms with Crippen LogP contribution in [0.2, 0.25) is 0 Å². The van der Waals surface area contributed by atoms with Crippen LogP contribution in [0.1, 0.15) is 25.5 Å². The minimum atomic E-state index is -0.299. The van der Waals surface area contributed by atoms with E-state index in [4.69, 9.17) is 9.47 Å². The molecular formula is C14H22FNO2. The van der Waals surface area contributed by atoms with Gasteiger partial charge in [-0.15, -0.1) is 0 Å². The molecule has 0 fully saturated rings. The van der Waals surface area contributed by atoms with Gasteiger partial charge in [0, 0.05) is 18.7 Å². The van der Waals surface area contributed by atoms with Gasteiger partial charge in [0.2, 0.25) is 0 Å². The van der Waals surface area contributed by atoms with Crippen LogP contribution in [0.4, 0.5) is 4.39 Å². The molecule has 2 atom stereocenters. The van der Waals surface area contributed by atoms with Crippen molar-refractivity contribution in [2.24, 2.45) is 0 Å². The summed E-state index contributed by atoms with van der Waals surface area (Å²) in [7, 11) is 1.82. The third-order valence-electron chi connectivity index (χ3n) is 2.59. The van der Waals surface area contributed by atoms with Crippen LogP contribution in [0.15, 0.2) is 24.3 Å². The molecule has 3 nitrogen and oxygen atoms in total. The first-order chi connectivity index (χ1) is 8.69. The number of likely N-dealkylation sites (N-methyl/N-ethyl adjacent to an activating group) is 1. The molecule has 1 rings (SSSR count). The van der Waals surface area contributed by atoms with Crippen LogP contribution in [0.5, 0.6) is 0 Å². The molecule has 18 heavy (non-hydrogen) atoms. The van der Waals surface area contributed by atoms with Crippen molar-refractivity contribution in [1.29, 1.82) is 0 Å². The third kappa shape index (κ3) is 4.72. The molecule has 0 spiro atoms. The van der Waals surface area contributed by atoms with Gasteiger partial charge in [-0.05, 0) is 27.0 Å². The lowest BCUT2D eigenvalue weighted by molar-refractivity contribution is -0.0475. The zero-order valence-corrected chi connectivity index (χ0v) is 11.3. The molecule has 0 saturated carbocycles. The van der Waals surface area contributed by atoms with E-state index in [1.165, 1.54) is 6.07 Å². The Hall–Kier alpha value is -0.970. The number of hydrogen-bond acceptors (Lipinski definition) is 3. The quantitative estimate of drug-likeness (QED) is 0.774. The first-order valence-electron chi connectivity index (χ1n) is 6.31. The molecule has 0 heterocycles. The van der Waals surface area contributed by atoms with Gasteiger partial charge in [0.25, 0.3) is 0 Å². The third-order valence-corrected chi connectivity index (χ3v) is 2.59. The lowest BCUT2D eigenvalue weighted by atomic mass is 10.1. The summed E-state index contributed by atoms with van der Waals surface area (Å²) < 4.78 is 24.9. The van der Waals surface area contributed by atoms with E-state index in [1.807, 2.05) is 27.0 Å². The first-order valence-corrected chi connectivity index (χ1v) is 6.31. The second-order valence-corrected chi connectivity index (χ2v) is 4.17. The minimum Gasteiger partial charge on any atom is -0.379 e. The molecule has 0 saturated heterocycles. The predicted molar refractivity (Wildman–Crippen MR) is 70.1 cm³/mol. The van der Waals surface area contributed by atoms with Gasteiger partial charge in [0.15, 0.2) is 0 Å². The summed E-state index contributed by atoms with van der Waals surface area (Å²) in [6.07, 6.45) is -0.366. The summed E-state index contributed by atoms with van der Waals surface area (Å²) >= 11 is 0. The van der Waals surface area contributed by atoms with Crippen molar-refractivity contribution in [1.82, 2.24) is 5.32 Å². The molecule has 0 bridgehead atoms. The molecule has 102 valence electrons. The lowest BCUT2D eigenvalue weighted by Gasteiger charge is -2.23. The van der Waals surface area contributed by atoms with Gasteiger partial charge in [-0.2, -0.15) is 0 Å². The van der Waals surface area contributed by atoms with Gasteiger partial charge in [0.1, 0.15) is 5.82 Å². The van der Waals surface area contributed by atoms with Crippen LogP contribution in [0, 0.1) is 5.82 Å². The van der Waals surface area contributed by atoms with Crippen molar-refractivity contribution in [2.45, 2.75) is 26.1 Å². The largest absolute Gasteiger partial charge is 0.379 e. The maximum atomic E-state index is 13.7. The fourth-order valence-electron chi connectivity index (χ4n) is 1.76. The Morgan fingerprint density at radius 1 is 1.33 bits per heavy atom. The Morgan fingerprint density at radius 3 is 2.67 bits per heavy atom. The highest BCUT2D eigenvalue weighted by atomic mass is 19.1. The fraction of sp³-hybridized carbons (Fsp3) is 0.571. The van der Waals surface area contributed by atoms with Gasteiger partial charge in [-0.3, -0.25) is 0 Å². The SMILES string of the molecule is CCOCC(C)OC(CNC)c1ccccc1F. The standard InChI is InChI=1S/C14H22FNO2/c1-4-17-10-11(2)18-14(9-16-3)12-7-5-6-8-13(12)15/h5-8,11,14,16H,4,9-10H2,1-3H3. The summed E-state index contributed by atoms with van der Waals surface area (Å²) in [5.41, 5.74) is 0.579. The molecule has 1 aromatic carbocycles. The van der Waals surface area contributed by atoms with Crippen LogP contribution < -0.4 is 5.32 Å². The van der Waals surface area contributed by atoms with E-state index < -0.39 is 0 Å². The Kier molecular flexibility index (Phi) is 6.86. The molecule has 0 radical (unpaired) electrons. The maximum Gasteiger partial charge on any atom is 0.129 e. The Morgan fingerprint density at radius 2 is 2.06 bits per heavy atom. The van der Waals surface area contributed by atoms with E-state index in [-0.39, 0.29) is 18.0 Å². The van der Waals surface area contributed by atoms with Crippen molar-refractivity contribution in [3.63, 3.8) is 0 Å². The zero-order chi connectivity index (χ0) is 13.4. The molecule has 0 aliphatic heterocycles. The van der Waals surface area contributed by atoms with E-state index in [1.54, 1.807) is 12.1 Å². The number of halogens is 1. The highest BCUT2D eigenvalue weighted by Gasteiger charge is 2.18. The van der Waals surface area contributed by atoms with Gasteiger partial charge >= 0.3 is 0 Å². The second-order valence-electron chi connectivity index (χ2n) is 4.17. The van der Waals surface area contributed by atoms with Crippen LogP contribution in [0.3, 0.4) is 0 Å². The molecule has 0 aliphatic carbocycles. The van der Waals surface area contributed by atoms with Crippen molar-refractivity contribution < 1.29 is 13.9 Å². The summed E-state index contributed by atoms with van der Waals surface area (Å²) in [4.78, 5) is 0. The second kappa shape index (κ2) is 8.19. The average molecular weight is 255 g/mol. The Balaban J connectivity index is 2.68. The molecule has 0 amide bonds. The minimum absolute atomic E-state index is 0.0668. The first kappa shape index (κ1) is 15.1. The van der Waals surface area contributed by atoms with Gasteiger partial charge < -0.3 is 14.8 Å². The van der Waals surface area contributed by atoms with Gasteiger partial charge in [-0.25, -0.2) is 4.39 Å².